The zero-order chi connectivity index (χ0) is 12.5. The van der Waals surface area contributed by atoms with Crippen LogP contribution in [0.4, 0.5) is 0 Å². The Morgan fingerprint density at radius 2 is 1.94 bits per heavy atom. The van der Waals surface area contributed by atoms with Crippen molar-refractivity contribution in [1.82, 2.24) is 4.57 Å². The van der Waals surface area contributed by atoms with E-state index in [1.54, 1.807) is 12.7 Å². The van der Waals surface area contributed by atoms with Crippen LogP contribution in [0.5, 0.6) is 5.75 Å². The molecule has 18 heavy (non-hydrogen) atoms. The van der Waals surface area contributed by atoms with Crippen LogP contribution in [-0.4, -0.2) is 11.7 Å². The number of fused-ring (bicyclic) bond motifs is 1. The van der Waals surface area contributed by atoms with Gasteiger partial charge in [0.2, 0.25) is 0 Å². The van der Waals surface area contributed by atoms with Gasteiger partial charge in [-0.1, -0.05) is 5.57 Å². The van der Waals surface area contributed by atoms with Crippen LogP contribution in [0.2, 0.25) is 0 Å². The van der Waals surface area contributed by atoms with E-state index in [-0.39, 0.29) is 0 Å². The fourth-order valence-electron chi connectivity index (χ4n) is 2.80. The summed E-state index contributed by atoms with van der Waals surface area (Å²) in [6.45, 7) is 0. The molecule has 0 saturated heterocycles. The monoisotopic (exact) mass is 241 g/mol. The van der Waals surface area contributed by atoms with Crippen LogP contribution in [0, 0.1) is 0 Å². The Labute approximate surface area is 108 Å². The van der Waals surface area contributed by atoms with E-state index in [0.717, 1.165) is 5.75 Å². The van der Waals surface area contributed by atoms with E-state index in [4.69, 9.17) is 4.74 Å². The average Bonchev–Trinajstić information content (AvgIpc) is 2.99. The molecule has 1 fully saturated rings. The number of rotatable bonds is 2. The van der Waals surface area contributed by atoms with Crippen molar-refractivity contribution in [1.29, 1.82) is 0 Å². The summed E-state index contributed by atoms with van der Waals surface area (Å²) >= 11 is 0. The quantitative estimate of drug-likeness (QED) is 0.770. The normalized spacial score (nSPS) is 15.3. The van der Waals surface area contributed by atoms with Gasteiger partial charge in [0.15, 0.2) is 0 Å². The highest BCUT2D eigenvalue weighted by Crippen LogP contribution is 2.29. The van der Waals surface area contributed by atoms with Gasteiger partial charge in [0, 0.05) is 23.6 Å². The van der Waals surface area contributed by atoms with Crippen LogP contribution in [0.3, 0.4) is 0 Å². The Morgan fingerprint density at radius 3 is 2.67 bits per heavy atom. The molecule has 0 aliphatic heterocycles. The van der Waals surface area contributed by atoms with Crippen molar-refractivity contribution in [3.63, 3.8) is 0 Å². The smallest absolute Gasteiger partial charge is 0.119 e. The van der Waals surface area contributed by atoms with E-state index in [0.29, 0.717) is 0 Å². The lowest BCUT2D eigenvalue weighted by atomic mass is 10.2. The molecular weight excluding hydrogens is 222 g/mol. The van der Waals surface area contributed by atoms with Gasteiger partial charge in [0.25, 0.3) is 0 Å². The van der Waals surface area contributed by atoms with E-state index in [1.807, 2.05) is 6.07 Å². The fourth-order valence-corrected chi connectivity index (χ4v) is 2.80. The Bertz CT molecular complexity index is 599. The molecule has 1 heterocycles. The molecule has 1 aromatic carbocycles. The van der Waals surface area contributed by atoms with E-state index < -0.39 is 0 Å². The summed E-state index contributed by atoms with van der Waals surface area (Å²) in [5.74, 6) is 0.924. The molecule has 0 amide bonds. The number of methoxy groups -OCH3 is 1. The minimum Gasteiger partial charge on any atom is -0.497 e. The third-order valence-corrected chi connectivity index (χ3v) is 3.88. The van der Waals surface area contributed by atoms with Gasteiger partial charge < -0.3 is 9.30 Å². The van der Waals surface area contributed by atoms with Gasteiger partial charge in [-0.15, -0.1) is 0 Å². The molecule has 94 valence electrons. The SMILES string of the molecule is COc1ccc2c(c1)cc(C=C1CCCC1)n2C. The van der Waals surface area contributed by atoms with Crippen molar-refractivity contribution in [2.24, 2.45) is 7.05 Å². The topological polar surface area (TPSA) is 14.2 Å². The second kappa shape index (κ2) is 4.52. The summed E-state index contributed by atoms with van der Waals surface area (Å²) < 4.78 is 7.54. The molecule has 3 rings (SSSR count). The first-order chi connectivity index (χ1) is 8.78. The maximum absolute atomic E-state index is 5.28. The first-order valence-corrected chi connectivity index (χ1v) is 6.61. The van der Waals surface area contributed by atoms with Gasteiger partial charge in [-0.3, -0.25) is 0 Å². The summed E-state index contributed by atoms with van der Waals surface area (Å²) in [6.07, 6.45) is 7.60. The Morgan fingerprint density at radius 1 is 1.17 bits per heavy atom. The summed E-state index contributed by atoms with van der Waals surface area (Å²) in [7, 11) is 3.85. The first-order valence-electron chi connectivity index (χ1n) is 6.61. The fraction of sp³-hybridized carbons (Fsp3) is 0.375. The number of nitrogens with zero attached hydrogens (tertiary/aromatic N) is 1. The van der Waals surface area contributed by atoms with Crippen molar-refractivity contribution in [3.8, 4) is 5.75 Å². The average molecular weight is 241 g/mol. The van der Waals surface area contributed by atoms with Crippen LogP contribution >= 0.6 is 0 Å². The molecule has 2 aromatic rings. The maximum Gasteiger partial charge on any atom is 0.119 e. The Hall–Kier alpha value is -1.70. The number of allylic oxidation sites excluding steroid dienone is 1. The lowest BCUT2D eigenvalue weighted by Gasteiger charge is -2.02. The largest absolute Gasteiger partial charge is 0.497 e. The lowest BCUT2D eigenvalue weighted by Crippen LogP contribution is -1.90. The summed E-state index contributed by atoms with van der Waals surface area (Å²) in [4.78, 5) is 0. The number of benzene rings is 1. The minimum atomic E-state index is 0.924. The Kier molecular flexibility index (Phi) is 2.86. The minimum absolute atomic E-state index is 0.924. The third-order valence-electron chi connectivity index (χ3n) is 3.88. The standard InChI is InChI=1S/C16H19NO/c1-17-14(9-12-5-3-4-6-12)10-13-11-15(18-2)7-8-16(13)17/h7-11H,3-6H2,1-2H3. The summed E-state index contributed by atoms with van der Waals surface area (Å²) in [5, 5.41) is 1.25. The number of hydrogen-bond acceptors (Lipinski definition) is 1. The van der Waals surface area contributed by atoms with Gasteiger partial charge in [-0.25, -0.2) is 0 Å². The van der Waals surface area contributed by atoms with E-state index in [1.165, 1.54) is 42.3 Å². The molecule has 2 heteroatoms. The van der Waals surface area contributed by atoms with Crippen LogP contribution in [0.25, 0.3) is 17.0 Å². The molecule has 0 bridgehead atoms. The van der Waals surface area contributed by atoms with Crippen molar-refractivity contribution >= 4 is 17.0 Å². The van der Waals surface area contributed by atoms with Crippen molar-refractivity contribution in [2.75, 3.05) is 7.11 Å². The van der Waals surface area contributed by atoms with Crippen LogP contribution in [0.1, 0.15) is 31.4 Å². The molecule has 0 atom stereocenters. The zero-order valence-corrected chi connectivity index (χ0v) is 11.1. The molecule has 1 aliphatic carbocycles. The highest BCUT2D eigenvalue weighted by atomic mass is 16.5. The maximum atomic E-state index is 5.28. The van der Waals surface area contributed by atoms with Crippen molar-refractivity contribution < 1.29 is 4.74 Å². The third kappa shape index (κ3) is 1.92. The lowest BCUT2D eigenvalue weighted by molar-refractivity contribution is 0.415. The molecule has 1 aliphatic rings. The molecule has 1 saturated carbocycles. The van der Waals surface area contributed by atoms with E-state index in [2.05, 4.69) is 35.9 Å². The van der Waals surface area contributed by atoms with Crippen LogP contribution in [0.15, 0.2) is 29.8 Å². The molecule has 1 aromatic heterocycles. The van der Waals surface area contributed by atoms with Gasteiger partial charge in [0.1, 0.15) is 5.75 Å². The number of hydrogen-bond donors (Lipinski definition) is 0. The van der Waals surface area contributed by atoms with Gasteiger partial charge >= 0.3 is 0 Å². The van der Waals surface area contributed by atoms with Crippen LogP contribution in [-0.2, 0) is 7.05 Å². The number of ether oxygens (including phenoxy) is 1. The zero-order valence-electron chi connectivity index (χ0n) is 11.1. The predicted molar refractivity (Wildman–Crippen MR) is 75.9 cm³/mol. The highest BCUT2D eigenvalue weighted by Gasteiger charge is 2.09. The molecule has 2 nitrogen and oxygen atoms in total. The highest BCUT2D eigenvalue weighted by molar-refractivity contribution is 5.85. The molecular formula is C16H19NO. The van der Waals surface area contributed by atoms with Crippen molar-refractivity contribution in [2.45, 2.75) is 25.7 Å². The Balaban J connectivity index is 2.07. The second-order valence-corrected chi connectivity index (χ2v) is 5.06. The molecule has 0 N–H and O–H groups in total. The van der Waals surface area contributed by atoms with Crippen LogP contribution < -0.4 is 4.74 Å². The first kappa shape index (κ1) is 11.4. The van der Waals surface area contributed by atoms with Gasteiger partial charge in [0.05, 0.1) is 7.11 Å². The van der Waals surface area contributed by atoms with Crippen molar-refractivity contribution in [3.05, 3.63) is 35.5 Å². The summed E-state index contributed by atoms with van der Waals surface area (Å²) in [6, 6.07) is 8.51. The molecule has 0 radical (unpaired) electrons. The molecule has 0 spiro atoms. The molecule has 0 unspecified atom stereocenters. The predicted octanol–water partition coefficient (Wildman–Crippen LogP) is 4.14. The van der Waals surface area contributed by atoms with Gasteiger partial charge in [-0.2, -0.15) is 0 Å². The van der Waals surface area contributed by atoms with E-state index in [9.17, 15) is 0 Å². The van der Waals surface area contributed by atoms with E-state index >= 15 is 0 Å². The van der Waals surface area contributed by atoms with Gasteiger partial charge in [-0.05, 0) is 56.0 Å². The number of aromatic nitrogens is 1. The number of aryl methyl sites for hydroxylation is 1. The second-order valence-electron chi connectivity index (χ2n) is 5.06. The summed E-state index contributed by atoms with van der Waals surface area (Å²) in [5.41, 5.74) is 4.16.